The first-order chi connectivity index (χ1) is 20.1. The van der Waals surface area contributed by atoms with Crippen molar-refractivity contribution >= 4 is 50.7 Å². The van der Waals surface area contributed by atoms with Crippen molar-refractivity contribution in [2.75, 3.05) is 31.6 Å². The monoisotopic (exact) mass is 635 g/mol. The van der Waals surface area contributed by atoms with E-state index in [2.05, 4.69) is 5.32 Å². The Morgan fingerprint density at radius 1 is 0.905 bits per heavy atom. The molecule has 0 aliphatic carbocycles. The van der Waals surface area contributed by atoms with E-state index in [4.69, 9.17) is 32.7 Å². The highest BCUT2D eigenvalue weighted by atomic mass is 35.5. The molecule has 0 unspecified atom stereocenters. The van der Waals surface area contributed by atoms with Gasteiger partial charge in [0.25, 0.3) is 10.0 Å². The number of anilines is 1. The Labute approximate surface area is 257 Å². The Bertz CT molecular complexity index is 1490. The van der Waals surface area contributed by atoms with Crippen LogP contribution in [0.5, 0.6) is 11.5 Å². The normalized spacial score (nSPS) is 11.9. The average molecular weight is 637 g/mol. The highest BCUT2D eigenvalue weighted by Crippen LogP contribution is 2.34. The van der Waals surface area contributed by atoms with E-state index < -0.39 is 28.5 Å². The van der Waals surface area contributed by atoms with Crippen LogP contribution < -0.4 is 19.1 Å². The van der Waals surface area contributed by atoms with Crippen LogP contribution in [0.15, 0.2) is 71.6 Å². The average Bonchev–Trinajstić information content (AvgIpc) is 3.00. The van der Waals surface area contributed by atoms with E-state index in [-0.39, 0.29) is 28.8 Å². The molecule has 3 rings (SSSR count). The number of sulfonamides is 1. The summed E-state index contributed by atoms with van der Waals surface area (Å²) in [6.45, 7) is 3.56. The lowest BCUT2D eigenvalue weighted by Gasteiger charge is -2.33. The van der Waals surface area contributed by atoms with Crippen LogP contribution in [-0.2, 0) is 26.2 Å². The van der Waals surface area contributed by atoms with E-state index in [0.29, 0.717) is 40.7 Å². The summed E-state index contributed by atoms with van der Waals surface area (Å²) in [5.74, 6) is -0.247. The molecule has 9 nitrogen and oxygen atoms in total. The van der Waals surface area contributed by atoms with Gasteiger partial charge in [-0.3, -0.25) is 13.9 Å². The van der Waals surface area contributed by atoms with Crippen molar-refractivity contribution in [3.05, 3.63) is 82.3 Å². The Morgan fingerprint density at radius 2 is 1.60 bits per heavy atom. The standard InChI is InChI=1S/C30H35Cl2N3O6S/c1-5-16-33-30(37)26(6-2)34(19-21-12-14-24(31)25(32)17-21)29(36)20-35(42(38,39)23-10-8-7-9-11-23)22-13-15-27(40-3)28(18-22)41-4/h7-15,17-18,26H,5-6,16,19-20H2,1-4H3,(H,33,37)/t26-/m1/s1. The Hall–Kier alpha value is -3.47. The van der Waals surface area contributed by atoms with Gasteiger partial charge in [0.05, 0.1) is 34.8 Å². The number of halogens is 2. The van der Waals surface area contributed by atoms with Gasteiger partial charge < -0.3 is 19.7 Å². The van der Waals surface area contributed by atoms with Gasteiger partial charge in [0.2, 0.25) is 11.8 Å². The number of methoxy groups -OCH3 is 2. The van der Waals surface area contributed by atoms with Crippen LogP contribution in [0.4, 0.5) is 5.69 Å². The topological polar surface area (TPSA) is 105 Å². The van der Waals surface area contributed by atoms with E-state index in [1.54, 1.807) is 49.4 Å². The Morgan fingerprint density at radius 3 is 2.19 bits per heavy atom. The zero-order valence-corrected chi connectivity index (χ0v) is 26.3. The van der Waals surface area contributed by atoms with Crippen LogP contribution in [0.25, 0.3) is 0 Å². The Kier molecular flexibility index (Phi) is 11.9. The van der Waals surface area contributed by atoms with Crippen LogP contribution in [0.1, 0.15) is 32.3 Å². The summed E-state index contributed by atoms with van der Waals surface area (Å²) in [6, 6.07) is 16.4. The molecule has 226 valence electrons. The molecule has 3 aromatic carbocycles. The lowest BCUT2D eigenvalue weighted by Crippen LogP contribution is -2.52. The van der Waals surface area contributed by atoms with Gasteiger partial charge in [0.15, 0.2) is 11.5 Å². The fourth-order valence-electron chi connectivity index (χ4n) is 4.35. The molecular weight excluding hydrogens is 601 g/mol. The number of ether oxygens (including phenoxy) is 2. The van der Waals surface area contributed by atoms with Crippen LogP contribution in [-0.4, -0.2) is 58.5 Å². The molecule has 0 radical (unpaired) electrons. The van der Waals surface area contributed by atoms with Crippen molar-refractivity contribution in [2.24, 2.45) is 0 Å². The second-order valence-corrected chi connectivity index (χ2v) is 12.0. The van der Waals surface area contributed by atoms with E-state index in [0.717, 1.165) is 4.31 Å². The van der Waals surface area contributed by atoms with Gasteiger partial charge in [-0.25, -0.2) is 8.42 Å². The van der Waals surface area contributed by atoms with Gasteiger partial charge in [-0.2, -0.15) is 0 Å². The number of rotatable bonds is 14. The molecule has 0 aromatic heterocycles. The minimum absolute atomic E-state index is 0.00106. The fraction of sp³-hybridized carbons (Fsp3) is 0.333. The molecule has 0 heterocycles. The molecule has 0 aliphatic rings. The lowest BCUT2D eigenvalue weighted by atomic mass is 10.1. The lowest BCUT2D eigenvalue weighted by molar-refractivity contribution is -0.140. The number of hydrogen-bond donors (Lipinski definition) is 1. The predicted molar refractivity (Wildman–Crippen MR) is 165 cm³/mol. The van der Waals surface area contributed by atoms with Gasteiger partial charge in [0, 0.05) is 19.2 Å². The molecule has 12 heteroatoms. The smallest absolute Gasteiger partial charge is 0.264 e. The third kappa shape index (κ3) is 7.87. The van der Waals surface area contributed by atoms with Crippen molar-refractivity contribution in [1.82, 2.24) is 10.2 Å². The highest BCUT2D eigenvalue weighted by Gasteiger charge is 2.34. The summed E-state index contributed by atoms with van der Waals surface area (Å²) in [7, 11) is -1.33. The SMILES string of the molecule is CCCNC(=O)[C@@H](CC)N(Cc1ccc(Cl)c(Cl)c1)C(=O)CN(c1ccc(OC)c(OC)c1)S(=O)(=O)c1ccccc1. The molecule has 42 heavy (non-hydrogen) atoms. The van der Waals surface area contributed by atoms with Crippen LogP contribution >= 0.6 is 23.2 Å². The molecule has 3 aromatic rings. The van der Waals surface area contributed by atoms with Gasteiger partial charge in [0.1, 0.15) is 12.6 Å². The van der Waals surface area contributed by atoms with E-state index >= 15 is 0 Å². The summed E-state index contributed by atoms with van der Waals surface area (Å²) in [5, 5.41) is 3.49. The third-order valence-electron chi connectivity index (χ3n) is 6.54. The predicted octanol–water partition coefficient (Wildman–Crippen LogP) is 5.54. The molecule has 1 atom stereocenters. The van der Waals surface area contributed by atoms with Gasteiger partial charge in [-0.1, -0.05) is 61.3 Å². The zero-order chi connectivity index (χ0) is 30.9. The zero-order valence-electron chi connectivity index (χ0n) is 24.0. The summed E-state index contributed by atoms with van der Waals surface area (Å²) < 4.78 is 39.7. The first-order valence-electron chi connectivity index (χ1n) is 13.4. The third-order valence-corrected chi connectivity index (χ3v) is 9.06. The number of amides is 2. The molecule has 0 aliphatic heterocycles. The van der Waals surface area contributed by atoms with E-state index in [1.807, 2.05) is 6.92 Å². The number of nitrogens with one attached hydrogen (secondary N) is 1. The minimum Gasteiger partial charge on any atom is -0.493 e. The van der Waals surface area contributed by atoms with Crippen molar-refractivity contribution in [3.63, 3.8) is 0 Å². The van der Waals surface area contributed by atoms with E-state index in [1.165, 1.54) is 43.4 Å². The Balaban J connectivity index is 2.11. The van der Waals surface area contributed by atoms with Gasteiger partial charge >= 0.3 is 0 Å². The maximum absolute atomic E-state index is 14.1. The number of nitrogens with zero attached hydrogens (tertiary/aromatic N) is 2. The molecule has 0 bridgehead atoms. The minimum atomic E-state index is -4.23. The maximum Gasteiger partial charge on any atom is 0.264 e. The number of carbonyl (C=O) groups is 2. The van der Waals surface area contributed by atoms with Gasteiger partial charge in [-0.15, -0.1) is 0 Å². The van der Waals surface area contributed by atoms with Crippen LogP contribution in [0.2, 0.25) is 10.0 Å². The summed E-state index contributed by atoms with van der Waals surface area (Å²) in [5.41, 5.74) is 0.811. The fourth-order valence-corrected chi connectivity index (χ4v) is 6.10. The molecule has 0 saturated carbocycles. The second-order valence-electron chi connectivity index (χ2n) is 9.35. The molecule has 1 N–H and O–H groups in total. The summed E-state index contributed by atoms with van der Waals surface area (Å²) >= 11 is 12.3. The first-order valence-corrected chi connectivity index (χ1v) is 15.6. The highest BCUT2D eigenvalue weighted by molar-refractivity contribution is 7.92. The maximum atomic E-state index is 14.1. The van der Waals surface area contributed by atoms with Crippen molar-refractivity contribution in [3.8, 4) is 11.5 Å². The van der Waals surface area contributed by atoms with E-state index in [9.17, 15) is 18.0 Å². The van der Waals surface area contributed by atoms with Crippen LogP contribution in [0, 0.1) is 0 Å². The first kappa shape index (κ1) is 33.0. The number of hydrogen-bond acceptors (Lipinski definition) is 6. The van der Waals surface area contributed by atoms with Crippen molar-refractivity contribution in [2.45, 2.75) is 44.2 Å². The molecule has 0 fully saturated rings. The van der Waals surface area contributed by atoms with Gasteiger partial charge in [-0.05, 0) is 54.8 Å². The van der Waals surface area contributed by atoms with Crippen molar-refractivity contribution < 1.29 is 27.5 Å². The van der Waals surface area contributed by atoms with Crippen LogP contribution in [0.3, 0.4) is 0 Å². The molecule has 2 amide bonds. The number of benzene rings is 3. The number of carbonyl (C=O) groups excluding carboxylic acids is 2. The molecule has 0 saturated heterocycles. The molecule has 0 spiro atoms. The quantitative estimate of drug-likeness (QED) is 0.249. The largest absolute Gasteiger partial charge is 0.493 e. The summed E-state index contributed by atoms with van der Waals surface area (Å²) in [6.07, 6.45) is 1.01. The molecular formula is C30H35Cl2N3O6S. The second kappa shape index (κ2) is 15.1. The summed E-state index contributed by atoms with van der Waals surface area (Å²) in [4.78, 5) is 28.7. The van der Waals surface area contributed by atoms with Crippen molar-refractivity contribution in [1.29, 1.82) is 0 Å².